The molecule has 110 valence electrons. The van der Waals surface area contributed by atoms with Gasteiger partial charge < -0.3 is 10.6 Å². The summed E-state index contributed by atoms with van der Waals surface area (Å²) >= 11 is 0. The molecule has 0 aliphatic heterocycles. The molecule has 1 saturated carbocycles. The molecule has 0 bridgehead atoms. The molecule has 0 saturated heterocycles. The van der Waals surface area contributed by atoms with Gasteiger partial charge in [0.15, 0.2) is 17.5 Å². The van der Waals surface area contributed by atoms with Crippen LogP contribution in [0.3, 0.4) is 0 Å². The lowest BCUT2D eigenvalue weighted by Crippen LogP contribution is -2.17. The minimum absolute atomic E-state index is 0.380. The molecule has 2 N–H and O–H groups in total. The summed E-state index contributed by atoms with van der Waals surface area (Å²) in [7, 11) is 0. The maximum atomic E-state index is 13.2. The molecule has 3 rings (SSSR count). The first-order chi connectivity index (χ1) is 10.2. The van der Waals surface area contributed by atoms with Crippen molar-refractivity contribution in [2.24, 2.45) is 0 Å². The quantitative estimate of drug-likeness (QED) is 0.905. The standard InChI is InChI=1S/C14H15F2N5/c15-11-6-5-10(7-12(11)16)18-13-8-17-21-14(20-13)19-9-3-1-2-4-9/h5-9H,1-4H2,(H2,18,19,20,21). The Labute approximate surface area is 120 Å². The molecule has 0 spiro atoms. The maximum Gasteiger partial charge on any atom is 0.244 e. The predicted molar refractivity (Wildman–Crippen MR) is 75.3 cm³/mol. The number of anilines is 3. The van der Waals surface area contributed by atoms with Crippen molar-refractivity contribution in [1.82, 2.24) is 15.2 Å². The number of halogens is 2. The predicted octanol–water partition coefficient (Wildman–Crippen LogP) is 3.25. The first-order valence-corrected chi connectivity index (χ1v) is 6.89. The van der Waals surface area contributed by atoms with Gasteiger partial charge in [-0.1, -0.05) is 12.8 Å². The van der Waals surface area contributed by atoms with E-state index >= 15 is 0 Å². The molecule has 1 aliphatic carbocycles. The molecule has 21 heavy (non-hydrogen) atoms. The van der Waals surface area contributed by atoms with E-state index in [-0.39, 0.29) is 0 Å². The Morgan fingerprint density at radius 2 is 1.90 bits per heavy atom. The summed E-state index contributed by atoms with van der Waals surface area (Å²) < 4.78 is 26.0. The number of nitrogens with one attached hydrogen (secondary N) is 2. The molecule has 1 aliphatic rings. The molecular formula is C14H15F2N5. The van der Waals surface area contributed by atoms with Crippen LogP contribution in [0.15, 0.2) is 24.4 Å². The van der Waals surface area contributed by atoms with Crippen LogP contribution in [0.4, 0.5) is 26.2 Å². The van der Waals surface area contributed by atoms with Crippen LogP contribution in [0.2, 0.25) is 0 Å². The van der Waals surface area contributed by atoms with Gasteiger partial charge in [-0.25, -0.2) is 8.78 Å². The lowest BCUT2D eigenvalue weighted by atomic mass is 10.2. The minimum atomic E-state index is -0.911. The van der Waals surface area contributed by atoms with Crippen LogP contribution >= 0.6 is 0 Å². The van der Waals surface area contributed by atoms with Crippen molar-refractivity contribution in [3.63, 3.8) is 0 Å². The Bertz CT molecular complexity index is 629. The zero-order valence-electron chi connectivity index (χ0n) is 11.3. The smallest absolute Gasteiger partial charge is 0.244 e. The van der Waals surface area contributed by atoms with E-state index in [0.29, 0.717) is 23.5 Å². The number of nitrogens with zero attached hydrogens (tertiary/aromatic N) is 3. The lowest BCUT2D eigenvalue weighted by Gasteiger charge is -2.12. The molecule has 1 fully saturated rings. The largest absolute Gasteiger partial charge is 0.350 e. The summed E-state index contributed by atoms with van der Waals surface area (Å²) in [6.07, 6.45) is 6.05. The summed E-state index contributed by atoms with van der Waals surface area (Å²) in [4.78, 5) is 4.27. The number of benzene rings is 1. The average Bonchev–Trinajstić information content (AvgIpc) is 2.96. The van der Waals surface area contributed by atoms with Crippen molar-refractivity contribution in [1.29, 1.82) is 0 Å². The SMILES string of the molecule is Fc1ccc(Nc2cnnc(NC3CCCC3)n2)cc1F. The fourth-order valence-electron chi connectivity index (χ4n) is 2.40. The zero-order valence-corrected chi connectivity index (χ0v) is 11.3. The summed E-state index contributed by atoms with van der Waals surface area (Å²) in [5, 5.41) is 13.9. The van der Waals surface area contributed by atoms with E-state index in [4.69, 9.17) is 0 Å². The summed E-state index contributed by atoms with van der Waals surface area (Å²) in [5.74, 6) is -0.928. The molecule has 0 atom stereocenters. The van der Waals surface area contributed by atoms with E-state index in [1.807, 2.05) is 0 Å². The van der Waals surface area contributed by atoms with Crippen LogP contribution in [0.5, 0.6) is 0 Å². The molecule has 2 aromatic rings. The van der Waals surface area contributed by atoms with Crippen molar-refractivity contribution in [3.8, 4) is 0 Å². The highest BCUT2D eigenvalue weighted by atomic mass is 19.2. The Morgan fingerprint density at radius 3 is 2.67 bits per heavy atom. The minimum Gasteiger partial charge on any atom is -0.350 e. The van der Waals surface area contributed by atoms with Crippen molar-refractivity contribution < 1.29 is 8.78 Å². The van der Waals surface area contributed by atoms with Crippen molar-refractivity contribution >= 4 is 17.5 Å². The van der Waals surface area contributed by atoms with E-state index in [0.717, 1.165) is 25.0 Å². The van der Waals surface area contributed by atoms with E-state index < -0.39 is 11.6 Å². The number of hydrogen-bond donors (Lipinski definition) is 2. The normalized spacial score (nSPS) is 15.1. The van der Waals surface area contributed by atoms with E-state index in [9.17, 15) is 8.78 Å². The van der Waals surface area contributed by atoms with Gasteiger partial charge in [-0.2, -0.15) is 10.1 Å². The lowest BCUT2D eigenvalue weighted by molar-refractivity contribution is 0.509. The Hall–Kier alpha value is -2.31. The first-order valence-electron chi connectivity index (χ1n) is 6.89. The van der Waals surface area contributed by atoms with Crippen molar-refractivity contribution in [2.75, 3.05) is 10.6 Å². The molecule has 0 radical (unpaired) electrons. The molecule has 0 amide bonds. The third-order valence-electron chi connectivity index (χ3n) is 3.44. The fraction of sp³-hybridized carbons (Fsp3) is 0.357. The maximum absolute atomic E-state index is 13.2. The van der Waals surface area contributed by atoms with Gasteiger partial charge in [0.25, 0.3) is 0 Å². The highest BCUT2D eigenvalue weighted by Gasteiger charge is 2.16. The monoisotopic (exact) mass is 291 g/mol. The first kappa shape index (κ1) is 13.7. The van der Waals surface area contributed by atoms with Crippen LogP contribution in [0.1, 0.15) is 25.7 Å². The zero-order chi connectivity index (χ0) is 14.7. The Kier molecular flexibility index (Phi) is 3.89. The molecule has 1 heterocycles. The van der Waals surface area contributed by atoms with Crippen LogP contribution in [0.25, 0.3) is 0 Å². The summed E-state index contributed by atoms with van der Waals surface area (Å²) in [6, 6.07) is 3.95. The highest BCUT2D eigenvalue weighted by Crippen LogP contribution is 2.21. The Morgan fingerprint density at radius 1 is 1.10 bits per heavy atom. The van der Waals surface area contributed by atoms with Crippen LogP contribution in [0, 0.1) is 11.6 Å². The van der Waals surface area contributed by atoms with Gasteiger partial charge in [-0.3, -0.25) is 0 Å². The topological polar surface area (TPSA) is 62.7 Å². The second-order valence-electron chi connectivity index (χ2n) is 5.04. The second-order valence-corrected chi connectivity index (χ2v) is 5.04. The molecule has 0 unspecified atom stereocenters. The van der Waals surface area contributed by atoms with E-state index in [1.165, 1.54) is 25.1 Å². The van der Waals surface area contributed by atoms with Gasteiger partial charge in [0, 0.05) is 17.8 Å². The van der Waals surface area contributed by atoms with Gasteiger partial charge in [-0.15, -0.1) is 5.10 Å². The second kappa shape index (κ2) is 5.99. The van der Waals surface area contributed by atoms with Gasteiger partial charge in [-0.05, 0) is 25.0 Å². The van der Waals surface area contributed by atoms with Crippen LogP contribution < -0.4 is 10.6 Å². The summed E-state index contributed by atoms with van der Waals surface area (Å²) in [6.45, 7) is 0. The van der Waals surface area contributed by atoms with Gasteiger partial charge in [0.1, 0.15) is 0 Å². The van der Waals surface area contributed by atoms with Crippen LogP contribution in [-0.2, 0) is 0 Å². The van der Waals surface area contributed by atoms with Crippen LogP contribution in [-0.4, -0.2) is 21.2 Å². The van der Waals surface area contributed by atoms with Gasteiger partial charge in [0.05, 0.1) is 6.20 Å². The van der Waals surface area contributed by atoms with E-state index in [1.54, 1.807) is 0 Å². The molecular weight excluding hydrogens is 276 g/mol. The third kappa shape index (κ3) is 3.42. The van der Waals surface area contributed by atoms with Crippen molar-refractivity contribution in [2.45, 2.75) is 31.7 Å². The fourth-order valence-corrected chi connectivity index (χ4v) is 2.40. The third-order valence-corrected chi connectivity index (χ3v) is 3.44. The van der Waals surface area contributed by atoms with Gasteiger partial charge in [0.2, 0.25) is 5.95 Å². The molecule has 5 nitrogen and oxygen atoms in total. The van der Waals surface area contributed by atoms with E-state index in [2.05, 4.69) is 25.8 Å². The Balaban J connectivity index is 1.71. The van der Waals surface area contributed by atoms with Gasteiger partial charge >= 0.3 is 0 Å². The number of hydrogen-bond acceptors (Lipinski definition) is 5. The molecule has 1 aromatic carbocycles. The average molecular weight is 291 g/mol. The number of aromatic nitrogens is 3. The molecule has 7 heteroatoms. The molecule has 1 aromatic heterocycles. The summed E-state index contributed by atoms with van der Waals surface area (Å²) in [5.41, 5.74) is 0.404. The number of rotatable bonds is 4. The highest BCUT2D eigenvalue weighted by molar-refractivity contribution is 5.56. The van der Waals surface area contributed by atoms with Crippen molar-refractivity contribution in [3.05, 3.63) is 36.0 Å².